The van der Waals surface area contributed by atoms with Gasteiger partial charge >= 0.3 is 0 Å². The van der Waals surface area contributed by atoms with Crippen molar-refractivity contribution in [3.63, 3.8) is 0 Å². The van der Waals surface area contributed by atoms with Crippen molar-refractivity contribution in [1.82, 2.24) is 29.6 Å². The molecule has 2 aliphatic rings. The number of amides is 1. The molecule has 4 heterocycles. The molecule has 34 heavy (non-hydrogen) atoms. The van der Waals surface area contributed by atoms with Crippen molar-refractivity contribution in [1.29, 1.82) is 0 Å². The van der Waals surface area contributed by atoms with Gasteiger partial charge in [0, 0.05) is 43.4 Å². The van der Waals surface area contributed by atoms with Gasteiger partial charge in [0.2, 0.25) is 5.95 Å². The molecule has 1 aliphatic heterocycles. The number of hydrogen-bond donors (Lipinski definition) is 2. The van der Waals surface area contributed by atoms with E-state index in [0.717, 1.165) is 22.0 Å². The highest BCUT2D eigenvalue weighted by Crippen LogP contribution is 2.36. The molecule has 1 aliphatic carbocycles. The fourth-order valence-corrected chi connectivity index (χ4v) is 5.00. The van der Waals surface area contributed by atoms with Gasteiger partial charge < -0.3 is 15.3 Å². The van der Waals surface area contributed by atoms with E-state index in [1.54, 1.807) is 30.4 Å². The number of aromatic nitrogens is 5. The molecular formula is C24H23N7O2S. The van der Waals surface area contributed by atoms with Crippen molar-refractivity contribution in [2.75, 3.05) is 18.9 Å². The maximum absolute atomic E-state index is 12.5. The minimum absolute atomic E-state index is 0.270. The second kappa shape index (κ2) is 8.00. The van der Waals surface area contributed by atoms with Gasteiger partial charge in [0.1, 0.15) is 10.7 Å². The van der Waals surface area contributed by atoms with Crippen molar-refractivity contribution < 1.29 is 9.90 Å². The van der Waals surface area contributed by atoms with Crippen LogP contribution in [0.15, 0.2) is 54.3 Å². The molecule has 4 aromatic rings. The average Bonchev–Trinajstić information content (AvgIpc) is 3.29. The van der Waals surface area contributed by atoms with Gasteiger partial charge in [0.25, 0.3) is 5.91 Å². The molecule has 0 spiro atoms. The number of benzene rings is 1. The number of thiazole rings is 1. The predicted molar refractivity (Wildman–Crippen MR) is 129 cm³/mol. The predicted octanol–water partition coefficient (Wildman–Crippen LogP) is 3.59. The maximum Gasteiger partial charge on any atom is 0.258 e. The summed E-state index contributed by atoms with van der Waals surface area (Å²) in [5.41, 5.74) is 2.26. The number of nitrogens with zero attached hydrogens (tertiary/aromatic N) is 6. The molecule has 0 bridgehead atoms. The van der Waals surface area contributed by atoms with Gasteiger partial charge in [-0.3, -0.25) is 9.48 Å². The van der Waals surface area contributed by atoms with Gasteiger partial charge in [-0.25, -0.2) is 15.0 Å². The molecule has 1 amide bonds. The summed E-state index contributed by atoms with van der Waals surface area (Å²) in [4.78, 5) is 27.8. The third kappa shape index (κ3) is 3.74. The number of nitrogens with one attached hydrogen (secondary N) is 1. The highest BCUT2D eigenvalue weighted by molar-refractivity contribution is 7.13. The lowest BCUT2D eigenvalue weighted by Crippen LogP contribution is -2.36. The maximum atomic E-state index is 12.5. The highest BCUT2D eigenvalue weighted by atomic mass is 32.1. The minimum atomic E-state index is -1.48. The van der Waals surface area contributed by atoms with E-state index >= 15 is 0 Å². The van der Waals surface area contributed by atoms with Crippen LogP contribution in [0.1, 0.15) is 30.9 Å². The highest BCUT2D eigenvalue weighted by Gasteiger charge is 2.45. The van der Waals surface area contributed by atoms with Gasteiger partial charge in [0.05, 0.1) is 23.6 Å². The first-order chi connectivity index (χ1) is 16.5. The Hall–Kier alpha value is -3.63. The Morgan fingerprint density at radius 3 is 2.88 bits per heavy atom. The molecule has 172 valence electrons. The second-order valence-electron chi connectivity index (χ2n) is 8.79. The monoisotopic (exact) mass is 473 g/mol. The van der Waals surface area contributed by atoms with Crippen molar-refractivity contribution in [2.45, 2.75) is 30.9 Å². The van der Waals surface area contributed by atoms with Gasteiger partial charge in [-0.05, 0) is 30.5 Å². The Balaban J connectivity index is 1.24. The molecule has 1 atom stereocenters. The molecule has 1 unspecified atom stereocenters. The van der Waals surface area contributed by atoms with E-state index < -0.39 is 5.60 Å². The van der Waals surface area contributed by atoms with Crippen LogP contribution in [-0.4, -0.2) is 54.2 Å². The number of likely N-dealkylation sites (N-methyl/N-ethyl adjacent to an activating group) is 1. The lowest BCUT2D eigenvalue weighted by Gasteiger charge is -2.21. The molecule has 1 saturated heterocycles. The van der Waals surface area contributed by atoms with Crippen molar-refractivity contribution in [2.24, 2.45) is 0 Å². The van der Waals surface area contributed by atoms with E-state index in [9.17, 15) is 9.90 Å². The zero-order valence-electron chi connectivity index (χ0n) is 18.5. The third-order valence-electron chi connectivity index (χ3n) is 6.30. The molecule has 1 saturated carbocycles. The molecule has 1 aromatic carbocycles. The van der Waals surface area contributed by atoms with E-state index in [0.29, 0.717) is 36.2 Å². The summed E-state index contributed by atoms with van der Waals surface area (Å²) >= 11 is 1.49. The van der Waals surface area contributed by atoms with E-state index in [4.69, 9.17) is 4.98 Å². The fourth-order valence-electron chi connectivity index (χ4n) is 4.19. The fraction of sp³-hybridized carbons (Fsp3) is 0.292. The first kappa shape index (κ1) is 20.9. The average molecular weight is 474 g/mol. The number of aliphatic hydroxyl groups is 1. The van der Waals surface area contributed by atoms with Crippen molar-refractivity contribution >= 4 is 28.9 Å². The van der Waals surface area contributed by atoms with Gasteiger partial charge in [0.15, 0.2) is 5.60 Å². The first-order valence-corrected chi connectivity index (χ1v) is 12.1. The summed E-state index contributed by atoms with van der Waals surface area (Å²) in [6, 6.07) is 9.77. The normalized spacial score (nSPS) is 20.2. The molecule has 6 rings (SSSR count). The number of likely N-dealkylation sites (tertiary alicyclic amines) is 1. The second-order valence-corrected chi connectivity index (χ2v) is 9.64. The van der Waals surface area contributed by atoms with Crippen LogP contribution in [0.2, 0.25) is 0 Å². The van der Waals surface area contributed by atoms with Crippen LogP contribution in [0, 0.1) is 0 Å². The van der Waals surface area contributed by atoms with Crippen LogP contribution >= 0.6 is 11.3 Å². The SMILES string of the molecule is CN1CCC(O)(c2cccc(-c3nc(-c4ccnc(Nc5cnn(C6CC6)c5)n4)cs3)c2)C1=O. The van der Waals surface area contributed by atoms with Crippen LogP contribution in [0.25, 0.3) is 22.0 Å². The summed E-state index contributed by atoms with van der Waals surface area (Å²) in [6.07, 6.45) is 8.19. The zero-order valence-corrected chi connectivity index (χ0v) is 19.4. The molecule has 2 N–H and O–H groups in total. The van der Waals surface area contributed by atoms with Crippen LogP contribution in [0.5, 0.6) is 0 Å². The number of carbonyl (C=O) groups is 1. The van der Waals surface area contributed by atoms with E-state index in [-0.39, 0.29) is 5.91 Å². The van der Waals surface area contributed by atoms with Gasteiger partial charge in [-0.15, -0.1) is 11.3 Å². The Morgan fingerprint density at radius 1 is 1.21 bits per heavy atom. The first-order valence-electron chi connectivity index (χ1n) is 11.2. The minimum Gasteiger partial charge on any atom is -0.375 e. The van der Waals surface area contributed by atoms with Crippen LogP contribution < -0.4 is 5.32 Å². The van der Waals surface area contributed by atoms with Crippen LogP contribution in [-0.2, 0) is 10.4 Å². The number of carbonyl (C=O) groups excluding carboxylic acids is 1. The topological polar surface area (TPSA) is 109 Å². The Morgan fingerprint density at radius 2 is 2.09 bits per heavy atom. The molecule has 2 fully saturated rings. The molecule has 3 aromatic heterocycles. The smallest absolute Gasteiger partial charge is 0.258 e. The lowest BCUT2D eigenvalue weighted by atomic mass is 9.91. The largest absolute Gasteiger partial charge is 0.375 e. The van der Waals surface area contributed by atoms with Crippen LogP contribution in [0.4, 0.5) is 11.6 Å². The number of anilines is 2. The molecule has 10 heteroatoms. The van der Waals surface area contributed by atoms with Crippen molar-refractivity contribution in [3.8, 4) is 22.0 Å². The summed E-state index contributed by atoms with van der Waals surface area (Å²) < 4.78 is 1.97. The quantitative estimate of drug-likeness (QED) is 0.440. The Kier molecular flexibility index (Phi) is 4.93. The number of rotatable bonds is 6. The Labute approximate surface area is 200 Å². The lowest BCUT2D eigenvalue weighted by molar-refractivity contribution is -0.143. The Bertz CT molecular complexity index is 1380. The van der Waals surface area contributed by atoms with Gasteiger partial charge in [-0.1, -0.05) is 18.2 Å². The molecule has 0 radical (unpaired) electrons. The summed E-state index contributed by atoms with van der Waals surface area (Å²) in [5, 5.41) is 21.3. The van der Waals surface area contributed by atoms with Gasteiger partial charge in [-0.2, -0.15) is 5.10 Å². The van der Waals surface area contributed by atoms with E-state index in [2.05, 4.69) is 20.4 Å². The third-order valence-corrected chi connectivity index (χ3v) is 7.19. The van der Waals surface area contributed by atoms with E-state index in [1.807, 2.05) is 40.5 Å². The van der Waals surface area contributed by atoms with Crippen molar-refractivity contribution in [3.05, 3.63) is 59.9 Å². The standard InChI is InChI=1S/C24H23N7O2S/c1-30-10-8-24(33,22(30)32)16-4-2-3-15(11-16)21-28-20(14-34-21)19-7-9-25-23(29-19)27-17-12-26-31(13-17)18-5-6-18/h2-4,7,9,11-14,18,33H,5-6,8,10H2,1H3,(H,25,27,29). The zero-order chi connectivity index (χ0) is 23.3. The molecular weight excluding hydrogens is 450 g/mol. The summed E-state index contributed by atoms with van der Waals surface area (Å²) in [5.74, 6) is 0.212. The summed E-state index contributed by atoms with van der Waals surface area (Å²) in [6.45, 7) is 0.534. The van der Waals surface area contributed by atoms with E-state index in [1.165, 1.54) is 24.2 Å². The molecule has 9 nitrogen and oxygen atoms in total. The number of hydrogen-bond acceptors (Lipinski definition) is 8. The van der Waals surface area contributed by atoms with Crippen LogP contribution in [0.3, 0.4) is 0 Å². The summed E-state index contributed by atoms with van der Waals surface area (Å²) in [7, 11) is 1.71.